The van der Waals surface area contributed by atoms with Crippen LogP contribution < -0.4 is 0 Å². The molecule has 0 spiro atoms. The molecule has 1 aromatic carbocycles. The first-order valence-electron chi connectivity index (χ1n) is 2.85. The quantitative estimate of drug-likeness (QED) is 0.617. The average Bonchev–Trinajstić information content (AvgIpc) is 2.00. The molecule has 0 fully saturated rings. The van der Waals surface area contributed by atoms with Crippen molar-refractivity contribution >= 4 is 33.2 Å². The first-order chi connectivity index (χ1) is 5.54. The van der Waals surface area contributed by atoms with Crippen LogP contribution in [0.2, 0.25) is 5.02 Å². The van der Waals surface area contributed by atoms with Gasteiger partial charge in [-0.25, -0.2) is 0 Å². The van der Waals surface area contributed by atoms with E-state index in [1.54, 1.807) is 0 Å². The summed E-state index contributed by atoms with van der Waals surface area (Å²) >= 11 is 8.47. The van der Waals surface area contributed by atoms with Gasteiger partial charge in [0.1, 0.15) is 0 Å². The van der Waals surface area contributed by atoms with Gasteiger partial charge in [0.25, 0.3) is 0 Å². The van der Waals surface area contributed by atoms with Crippen LogP contribution in [0.4, 0.5) is 5.69 Å². The lowest BCUT2D eigenvalue weighted by atomic mass is 10.3. The van der Waals surface area contributed by atoms with Gasteiger partial charge in [0.15, 0.2) is 0 Å². The van der Waals surface area contributed by atoms with Gasteiger partial charge in [-0.3, -0.25) is 10.1 Å². The highest BCUT2D eigenvalue weighted by Gasteiger charge is 2.17. The van der Waals surface area contributed by atoms with Crippen molar-refractivity contribution in [3.63, 3.8) is 0 Å². The van der Waals surface area contributed by atoms with Crippen LogP contribution in [0.3, 0.4) is 0 Å². The third-order valence-corrected chi connectivity index (χ3v) is 2.59. The van der Waals surface area contributed by atoms with Crippen LogP contribution in [0.5, 0.6) is 5.75 Å². The summed E-state index contributed by atoms with van der Waals surface area (Å²) in [5.74, 6) is -0.451. The highest BCUT2D eigenvalue weighted by Crippen LogP contribution is 2.38. The van der Waals surface area contributed by atoms with Crippen molar-refractivity contribution < 1.29 is 10.0 Å². The molecule has 0 saturated heterocycles. The SMILES string of the molecule is O=[N+]([O-])c1ccc(Cl)c(Br)c1O. The van der Waals surface area contributed by atoms with Crippen molar-refractivity contribution in [2.24, 2.45) is 0 Å². The first kappa shape index (κ1) is 9.28. The molecule has 0 aliphatic carbocycles. The van der Waals surface area contributed by atoms with Crippen molar-refractivity contribution in [3.8, 4) is 5.75 Å². The smallest absolute Gasteiger partial charge is 0.312 e. The zero-order valence-corrected chi connectivity index (χ0v) is 7.96. The Bertz CT molecular complexity index is 342. The van der Waals surface area contributed by atoms with E-state index < -0.39 is 10.7 Å². The van der Waals surface area contributed by atoms with Gasteiger partial charge >= 0.3 is 5.69 Å². The van der Waals surface area contributed by atoms with Crippen molar-refractivity contribution in [2.75, 3.05) is 0 Å². The molecule has 0 radical (unpaired) electrons. The number of hydrogen-bond acceptors (Lipinski definition) is 3. The van der Waals surface area contributed by atoms with Crippen LogP contribution in [0.25, 0.3) is 0 Å². The van der Waals surface area contributed by atoms with Crippen molar-refractivity contribution in [1.82, 2.24) is 0 Å². The van der Waals surface area contributed by atoms with Gasteiger partial charge in [-0.2, -0.15) is 0 Å². The predicted molar refractivity (Wildman–Crippen MR) is 47.5 cm³/mol. The Morgan fingerprint density at radius 2 is 2.17 bits per heavy atom. The Morgan fingerprint density at radius 1 is 1.58 bits per heavy atom. The number of rotatable bonds is 1. The Kier molecular flexibility index (Phi) is 2.54. The summed E-state index contributed by atoms with van der Waals surface area (Å²) in [5.41, 5.74) is -0.369. The lowest BCUT2D eigenvalue weighted by Gasteiger charge is -1.99. The summed E-state index contributed by atoms with van der Waals surface area (Å²) < 4.78 is 0.137. The minimum absolute atomic E-state index is 0.137. The number of aromatic hydroxyl groups is 1. The molecular formula is C6H3BrClNO3. The summed E-state index contributed by atoms with van der Waals surface area (Å²) in [6.45, 7) is 0. The Hall–Kier alpha value is -0.810. The second-order valence-electron chi connectivity index (χ2n) is 1.99. The number of nitro groups is 1. The van der Waals surface area contributed by atoms with E-state index in [0.717, 1.165) is 6.07 Å². The molecule has 6 heteroatoms. The summed E-state index contributed by atoms with van der Waals surface area (Å²) in [4.78, 5) is 9.58. The second kappa shape index (κ2) is 3.28. The fourth-order valence-electron chi connectivity index (χ4n) is 0.677. The van der Waals surface area contributed by atoms with E-state index in [2.05, 4.69) is 15.9 Å². The van der Waals surface area contributed by atoms with E-state index in [4.69, 9.17) is 11.6 Å². The highest BCUT2D eigenvalue weighted by molar-refractivity contribution is 9.10. The predicted octanol–water partition coefficient (Wildman–Crippen LogP) is 2.72. The third kappa shape index (κ3) is 1.51. The average molecular weight is 252 g/mol. The molecular weight excluding hydrogens is 249 g/mol. The molecule has 0 bridgehead atoms. The molecule has 0 aromatic heterocycles. The molecule has 1 N–H and O–H groups in total. The molecule has 0 amide bonds. The van der Waals surface area contributed by atoms with Gasteiger partial charge in [0.2, 0.25) is 5.75 Å². The Balaban J connectivity index is 3.36. The van der Waals surface area contributed by atoms with E-state index in [-0.39, 0.29) is 15.2 Å². The first-order valence-corrected chi connectivity index (χ1v) is 4.02. The maximum atomic E-state index is 10.3. The third-order valence-electron chi connectivity index (χ3n) is 1.24. The normalized spacial score (nSPS) is 9.83. The lowest BCUT2D eigenvalue weighted by molar-refractivity contribution is -0.385. The van der Waals surface area contributed by atoms with Crippen LogP contribution in [-0.4, -0.2) is 10.0 Å². The van der Waals surface area contributed by atoms with Crippen LogP contribution >= 0.6 is 27.5 Å². The van der Waals surface area contributed by atoms with Crippen LogP contribution in [0.1, 0.15) is 0 Å². The molecule has 0 unspecified atom stereocenters. The molecule has 1 aromatic rings. The number of nitro benzene ring substituents is 1. The van der Waals surface area contributed by atoms with Crippen LogP contribution in [0.15, 0.2) is 16.6 Å². The van der Waals surface area contributed by atoms with E-state index >= 15 is 0 Å². The van der Waals surface area contributed by atoms with Crippen LogP contribution in [0, 0.1) is 10.1 Å². The number of phenolic OH excluding ortho intramolecular Hbond substituents is 1. The van der Waals surface area contributed by atoms with Crippen LogP contribution in [-0.2, 0) is 0 Å². The van der Waals surface area contributed by atoms with Crippen molar-refractivity contribution in [1.29, 1.82) is 0 Å². The molecule has 1 rings (SSSR count). The standard InChI is InChI=1S/C6H3BrClNO3/c7-5-3(8)1-2-4(6(5)10)9(11)12/h1-2,10H. The van der Waals surface area contributed by atoms with E-state index in [0.29, 0.717) is 0 Å². The summed E-state index contributed by atoms with van der Waals surface area (Å²) in [7, 11) is 0. The maximum Gasteiger partial charge on any atom is 0.312 e. The Morgan fingerprint density at radius 3 is 2.67 bits per heavy atom. The van der Waals surface area contributed by atoms with Gasteiger partial charge < -0.3 is 5.11 Å². The van der Waals surface area contributed by atoms with Crippen molar-refractivity contribution in [2.45, 2.75) is 0 Å². The van der Waals surface area contributed by atoms with Gasteiger partial charge in [-0.15, -0.1) is 0 Å². The molecule has 0 aliphatic heterocycles. The van der Waals surface area contributed by atoms with E-state index in [9.17, 15) is 15.2 Å². The number of nitrogens with zero attached hydrogens (tertiary/aromatic N) is 1. The zero-order chi connectivity index (χ0) is 9.30. The maximum absolute atomic E-state index is 10.3. The van der Waals surface area contributed by atoms with Crippen molar-refractivity contribution in [3.05, 3.63) is 31.7 Å². The molecule has 0 atom stereocenters. The molecule has 0 saturated carbocycles. The molecule has 12 heavy (non-hydrogen) atoms. The van der Waals surface area contributed by atoms with Gasteiger partial charge in [-0.1, -0.05) is 11.6 Å². The zero-order valence-electron chi connectivity index (χ0n) is 5.62. The minimum atomic E-state index is -0.684. The Labute approximate surface area is 81.0 Å². The van der Waals surface area contributed by atoms with Gasteiger partial charge in [0.05, 0.1) is 14.4 Å². The summed E-state index contributed by atoms with van der Waals surface area (Å²) in [6, 6.07) is 2.48. The number of hydrogen-bond donors (Lipinski definition) is 1. The molecule has 64 valence electrons. The number of phenols is 1. The van der Waals surface area contributed by atoms with Gasteiger partial charge in [0, 0.05) is 6.07 Å². The van der Waals surface area contributed by atoms with Gasteiger partial charge in [-0.05, 0) is 22.0 Å². The minimum Gasteiger partial charge on any atom is -0.501 e. The lowest BCUT2D eigenvalue weighted by Crippen LogP contribution is -1.88. The monoisotopic (exact) mass is 251 g/mol. The number of halogens is 2. The molecule has 4 nitrogen and oxygen atoms in total. The summed E-state index contributed by atoms with van der Waals surface area (Å²) in [6.07, 6.45) is 0. The largest absolute Gasteiger partial charge is 0.501 e. The van der Waals surface area contributed by atoms with E-state index in [1.807, 2.05) is 0 Å². The fourth-order valence-corrected chi connectivity index (χ4v) is 1.16. The second-order valence-corrected chi connectivity index (χ2v) is 3.19. The van der Waals surface area contributed by atoms with E-state index in [1.165, 1.54) is 6.07 Å². The summed E-state index contributed by atoms with van der Waals surface area (Å²) in [5, 5.41) is 19.7. The fraction of sp³-hybridized carbons (Fsp3) is 0. The topological polar surface area (TPSA) is 63.4 Å². The molecule has 0 heterocycles. The number of benzene rings is 1. The molecule has 0 aliphatic rings. The highest BCUT2D eigenvalue weighted by atomic mass is 79.9.